The number of nitriles is 1. The van der Waals surface area contributed by atoms with Crippen LogP contribution in [-0.4, -0.2) is 42.6 Å². The van der Waals surface area contributed by atoms with Crippen LogP contribution in [-0.2, 0) is 0 Å². The van der Waals surface area contributed by atoms with Gasteiger partial charge in [0, 0.05) is 19.6 Å². The molecule has 0 aromatic carbocycles. The van der Waals surface area contributed by atoms with Crippen molar-refractivity contribution >= 4 is 5.69 Å². The fourth-order valence-corrected chi connectivity index (χ4v) is 2.18. The summed E-state index contributed by atoms with van der Waals surface area (Å²) in [5.74, 6) is 0. The molecule has 1 aliphatic rings. The average Bonchev–Trinajstić information content (AvgIpc) is 2.64. The smallest absolute Gasteiger partial charge is 0.140 e. The van der Waals surface area contributed by atoms with Gasteiger partial charge in [-0.05, 0) is 31.6 Å². The van der Waals surface area contributed by atoms with Gasteiger partial charge in [-0.25, -0.2) is 4.98 Å². The first kappa shape index (κ1) is 11.9. The van der Waals surface area contributed by atoms with Gasteiger partial charge >= 0.3 is 0 Å². The molecule has 17 heavy (non-hydrogen) atoms. The van der Waals surface area contributed by atoms with Crippen molar-refractivity contribution < 1.29 is 0 Å². The summed E-state index contributed by atoms with van der Waals surface area (Å²) < 4.78 is 0. The summed E-state index contributed by atoms with van der Waals surface area (Å²) in [7, 11) is 0. The van der Waals surface area contributed by atoms with Gasteiger partial charge in [-0.15, -0.1) is 0 Å². The first-order chi connectivity index (χ1) is 8.33. The summed E-state index contributed by atoms with van der Waals surface area (Å²) in [5.41, 5.74) is 1.61. The Balaban J connectivity index is 2.04. The molecule has 2 rings (SSSR count). The zero-order chi connectivity index (χ0) is 12.1. The molecule has 4 heteroatoms. The number of likely N-dealkylation sites (N-methyl/N-ethyl adjacent to an activating group) is 1. The minimum Gasteiger partial charge on any atom is -0.369 e. The lowest BCUT2D eigenvalue weighted by Crippen LogP contribution is -2.30. The first-order valence-electron chi connectivity index (χ1n) is 6.17. The summed E-state index contributed by atoms with van der Waals surface area (Å²) in [6.07, 6.45) is 2.99. The fourth-order valence-electron chi connectivity index (χ4n) is 2.18. The Labute approximate surface area is 102 Å². The van der Waals surface area contributed by atoms with Gasteiger partial charge in [-0.3, -0.25) is 0 Å². The normalized spacial score (nSPS) is 17.5. The predicted octanol–water partition coefficient (Wildman–Crippen LogP) is 1.49. The van der Waals surface area contributed by atoms with Crippen molar-refractivity contribution in [2.75, 3.05) is 37.6 Å². The Morgan fingerprint density at radius 3 is 2.82 bits per heavy atom. The van der Waals surface area contributed by atoms with Crippen LogP contribution >= 0.6 is 0 Å². The molecule has 0 aliphatic carbocycles. The van der Waals surface area contributed by atoms with Crippen LogP contribution in [0.1, 0.15) is 19.0 Å². The number of aromatic nitrogens is 1. The van der Waals surface area contributed by atoms with E-state index >= 15 is 0 Å². The second-order valence-corrected chi connectivity index (χ2v) is 4.29. The van der Waals surface area contributed by atoms with Crippen LogP contribution in [0.5, 0.6) is 0 Å². The fraction of sp³-hybridized carbons (Fsp3) is 0.538. The van der Waals surface area contributed by atoms with E-state index in [2.05, 4.69) is 21.7 Å². The number of rotatable bonds is 2. The van der Waals surface area contributed by atoms with E-state index in [0.29, 0.717) is 5.69 Å². The third kappa shape index (κ3) is 2.95. The van der Waals surface area contributed by atoms with Crippen LogP contribution in [0.3, 0.4) is 0 Å². The number of pyridine rings is 1. The van der Waals surface area contributed by atoms with E-state index in [9.17, 15) is 0 Å². The molecule has 0 N–H and O–H groups in total. The van der Waals surface area contributed by atoms with Crippen molar-refractivity contribution in [3.63, 3.8) is 0 Å². The maximum absolute atomic E-state index is 8.72. The molecular formula is C13H18N4. The third-order valence-corrected chi connectivity index (χ3v) is 3.26. The van der Waals surface area contributed by atoms with Crippen LogP contribution in [0.15, 0.2) is 18.3 Å². The quantitative estimate of drug-likeness (QED) is 0.772. The minimum atomic E-state index is 0.485. The second-order valence-electron chi connectivity index (χ2n) is 4.29. The maximum atomic E-state index is 8.72. The molecule has 0 saturated carbocycles. The zero-order valence-electron chi connectivity index (χ0n) is 10.3. The molecular weight excluding hydrogens is 212 g/mol. The van der Waals surface area contributed by atoms with E-state index in [1.807, 2.05) is 12.1 Å². The predicted molar refractivity (Wildman–Crippen MR) is 67.9 cm³/mol. The van der Waals surface area contributed by atoms with Gasteiger partial charge in [0.1, 0.15) is 11.8 Å². The molecule has 2 heterocycles. The lowest BCUT2D eigenvalue weighted by Gasteiger charge is -2.22. The van der Waals surface area contributed by atoms with E-state index in [0.717, 1.165) is 31.9 Å². The molecule has 0 atom stereocenters. The van der Waals surface area contributed by atoms with Gasteiger partial charge < -0.3 is 9.80 Å². The zero-order valence-corrected chi connectivity index (χ0v) is 10.3. The van der Waals surface area contributed by atoms with E-state index in [4.69, 9.17) is 5.26 Å². The number of hydrogen-bond acceptors (Lipinski definition) is 4. The lowest BCUT2D eigenvalue weighted by molar-refractivity contribution is 0.310. The summed E-state index contributed by atoms with van der Waals surface area (Å²) in [6.45, 7) is 7.73. The highest BCUT2D eigenvalue weighted by Gasteiger charge is 2.13. The Morgan fingerprint density at radius 2 is 2.18 bits per heavy atom. The third-order valence-electron chi connectivity index (χ3n) is 3.26. The molecule has 0 spiro atoms. The highest BCUT2D eigenvalue weighted by atomic mass is 15.2. The molecule has 0 amide bonds. The molecule has 4 nitrogen and oxygen atoms in total. The van der Waals surface area contributed by atoms with E-state index < -0.39 is 0 Å². The minimum absolute atomic E-state index is 0.485. The van der Waals surface area contributed by atoms with Gasteiger partial charge in [-0.2, -0.15) is 5.26 Å². The number of nitrogens with zero attached hydrogens (tertiary/aromatic N) is 4. The maximum Gasteiger partial charge on any atom is 0.140 e. The van der Waals surface area contributed by atoms with Crippen LogP contribution in [0.2, 0.25) is 0 Å². The van der Waals surface area contributed by atoms with Gasteiger partial charge in [0.15, 0.2) is 0 Å². The summed E-state index contributed by atoms with van der Waals surface area (Å²) in [4.78, 5) is 8.95. The van der Waals surface area contributed by atoms with Crippen LogP contribution < -0.4 is 4.90 Å². The lowest BCUT2D eigenvalue weighted by atomic mass is 10.3. The highest BCUT2D eigenvalue weighted by molar-refractivity contribution is 5.46. The largest absolute Gasteiger partial charge is 0.369 e. The van der Waals surface area contributed by atoms with Crippen molar-refractivity contribution in [1.82, 2.24) is 9.88 Å². The Hall–Kier alpha value is -1.60. The Kier molecular flexibility index (Phi) is 3.94. The van der Waals surface area contributed by atoms with Crippen LogP contribution in [0.4, 0.5) is 5.69 Å². The topological polar surface area (TPSA) is 43.2 Å². The molecule has 1 aromatic rings. The molecule has 1 aromatic heterocycles. The standard InChI is InChI=1S/C13H18N4/c1-2-16-6-3-7-17(9-8-16)13-5-4-12(10-14)15-11-13/h4-5,11H,2-3,6-9H2,1H3. The van der Waals surface area contributed by atoms with E-state index in [1.54, 1.807) is 12.3 Å². The summed E-state index contributed by atoms with van der Waals surface area (Å²) in [5, 5.41) is 8.72. The molecule has 0 radical (unpaired) electrons. The molecule has 0 unspecified atom stereocenters. The molecule has 1 aliphatic heterocycles. The summed E-state index contributed by atoms with van der Waals surface area (Å²) in [6, 6.07) is 5.83. The van der Waals surface area contributed by atoms with Crippen molar-refractivity contribution in [3.05, 3.63) is 24.0 Å². The Morgan fingerprint density at radius 1 is 1.29 bits per heavy atom. The Bertz CT molecular complexity index is 393. The van der Waals surface area contributed by atoms with Crippen molar-refractivity contribution in [2.45, 2.75) is 13.3 Å². The van der Waals surface area contributed by atoms with Gasteiger partial charge in [0.2, 0.25) is 0 Å². The summed E-state index contributed by atoms with van der Waals surface area (Å²) >= 11 is 0. The molecule has 0 bridgehead atoms. The number of hydrogen-bond donors (Lipinski definition) is 0. The van der Waals surface area contributed by atoms with Crippen molar-refractivity contribution in [3.8, 4) is 6.07 Å². The first-order valence-corrected chi connectivity index (χ1v) is 6.17. The average molecular weight is 230 g/mol. The van der Waals surface area contributed by atoms with E-state index in [1.165, 1.54) is 13.0 Å². The van der Waals surface area contributed by atoms with Gasteiger partial charge in [0.25, 0.3) is 0 Å². The van der Waals surface area contributed by atoms with Crippen LogP contribution in [0, 0.1) is 11.3 Å². The van der Waals surface area contributed by atoms with Gasteiger partial charge in [0.05, 0.1) is 11.9 Å². The second kappa shape index (κ2) is 5.65. The monoisotopic (exact) mass is 230 g/mol. The van der Waals surface area contributed by atoms with E-state index in [-0.39, 0.29) is 0 Å². The van der Waals surface area contributed by atoms with Gasteiger partial charge in [-0.1, -0.05) is 6.92 Å². The van der Waals surface area contributed by atoms with Crippen molar-refractivity contribution in [2.24, 2.45) is 0 Å². The molecule has 1 fully saturated rings. The highest BCUT2D eigenvalue weighted by Crippen LogP contribution is 2.15. The SMILES string of the molecule is CCN1CCCN(c2ccc(C#N)nc2)CC1. The van der Waals surface area contributed by atoms with Crippen LogP contribution in [0.25, 0.3) is 0 Å². The number of anilines is 1. The molecule has 90 valence electrons. The van der Waals surface area contributed by atoms with Crippen molar-refractivity contribution in [1.29, 1.82) is 5.26 Å². The molecule has 1 saturated heterocycles.